The third-order valence-corrected chi connectivity index (χ3v) is 5.35. The molecule has 8 heteroatoms. The van der Waals surface area contributed by atoms with Crippen LogP contribution >= 0.6 is 11.6 Å². The first-order valence-corrected chi connectivity index (χ1v) is 9.98. The summed E-state index contributed by atoms with van der Waals surface area (Å²) in [6.45, 7) is 1.20. The van der Waals surface area contributed by atoms with Crippen molar-refractivity contribution in [2.24, 2.45) is 5.92 Å². The summed E-state index contributed by atoms with van der Waals surface area (Å²) in [7, 11) is 0. The predicted molar refractivity (Wildman–Crippen MR) is 112 cm³/mol. The van der Waals surface area contributed by atoms with Crippen LogP contribution in [0.15, 0.2) is 54.6 Å². The molecule has 154 valence electrons. The van der Waals surface area contributed by atoms with Crippen LogP contribution < -0.4 is 10.2 Å². The van der Waals surface area contributed by atoms with E-state index in [-0.39, 0.29) is 17.5 Å². The van der Waals surface area contributed by atoms with Gasteiger partial charge in [-0.3, -0.25) is 4.79 Å². The van der Waals surface area contributed by atoms with E-state index in [9.17, 15) is 13.6 Å². The molecule has 4 rings (SSSR count). The Bertz CT molecular complexity index is 1040. The molecule has 0 aliphatic carbocycles. The number of anilines is 2. The van der Waals surface area contributed by atoms with E-state index < -0.39 is 11.6 Å². The molecule has 0 spiro atoms. The smallest absolute Gasteiger partial charge is 0.229 e. The lowest BCUT2D eigenvalue weighted by atomic mass is 9.97. The first-order chi connectivity index (χ1) is 14.5. The fraction of sp³-hybridized carbons (Fsp3) is 0.227. The molecule has 0 saturated carbocycles. The number of aromatic nitrogens is 2. The van der Waals surface area contributed by atoms with Crippen molar-refractivity contribution < 1.29 is 13.6 Å². The lowest BCUT2D eigenvalue weighted by molar-refractivity contribution is -0.120. The Morgan fingerprint density at radius 1 is 1.07 bits per heavy atom. The molecule has 1 amide bonds. The highest BCUT2D eigenvalue weighted by atomic mass is 35.5. The van der Waals surface area contributed by atoms with E-state index in [4.69, 9.17) is 11.6 Å². The SMILES string of the molecule is O=C(Nc1ccc(F)cc1F)C1CCCN(c2ccc(-c3ccc(Cl)cc3)nn2)C1. The molecule has 1 fully saturated rings. The Kier molecular flexibility index (Phi) is 5.90. The van der Waals surface area contributed by atoms with Crippen molar-refractivity contribution in [3.05, 3.63) is 71.3 Å². The standard InChI is InChI=1S/C22H19ClF2N4O/c23-16-5-3-14(4-6-16)19-9-10-21(28-27-19)29-11-1-2-15(13-29)22(30)26-20-8-7-17(24)12-18(20)25/h3-10,12,15H,1-2,11,13H2,(H,26,30). The van der Waals surface area contributed by atoms with Crippen LogP contribution in [0.2, 0.25) is 5.02 Å². The number of amides is 1. The van der Waals surface area contributed by atoms with Crippen molar-refractivity contribution in [1.82, 2.24) is 10.2 Å². The van der Waals surface area contributed by atoms with Crippen LogP contribution in [-0.4, -0.2) is 29.2 Å². The molecule has 0 bridgehead atoms. The van der Waals surface area contributed by atoms with Crippen LogP contribution in [-0.2, 0) is 4.79 Å². The average Bonchev–Trinajstić information content (AvgIpc) is 2.76. The van der Waals surface area contributed by atoms with Crippen LogP contribution in [0.4, 0.5) is 20.3 Å². The highest BCUT2D eigenvalue weighted by Crippen LogP contribution is 2.25. The van der Waals surface area contributed by atoms with Crippen molar-refractivity contribution in [3.8, 4) is 11.3 Å². The van der Waals surface area contributed by atoms with Gasteiger partial charge < -0.3 is 10.2 Å². The van der Waals surface area contributed by atoms with Crippen molar-refractivity contribution >= 4 is 29.0 Å². The van der Waals surface area contributed by atoms with E-state index in [0.717, 1.165) is 36.4 Å². The van der Waals surface area contributed by atoms with Gasteiger partial charge in [-0.1, -0.05) is 23.7 Å². The fourth-order valence-electron chi connectivity index (χ4n) is 3.49. The maximum absolute atomic E-state index is 13.8. The maximum Gasteiger partial charge on any atom is 0.229 e. The minimum Gasteiger partial charge on any atom is -0.354 e. The van der Waals surface area contributed by atoms with Crippen molar-refractivity contribution in [2.75, 3.05) is 23.3 Å². The number of piperidine rings is 1. The minimum atomic E-state index is -0.792. The van der Waals surface area contributed by atoms with Gasteiger partial charge in [0.1, 0.15) is 11.6 Å². The zero-order chi connectivity index (χ0) is 21.1. The molecule has 1 saturated heterocycles. The topological polar surface area (TPSA) is 58.1 Å². The fourth-order valence-corrected chi connectivity index (χ4v) is 3.62. The number of hydrogen-bond acceptors (Lipinski definition) is 4. The monoisotopic (exact) mass is 428 g/mol. The molecular weight excluding hydrogens is 410 g/mol. The van der Waals surface area contributed by atoms with Gasteiger partial charge in [-0.05, 0) is 49.2 Å². The van der Waals surface area contributed by atoms with E-state index in [1.54, 1.807) is 12.1 Å². The van der Waals surface area contributed by atoms with E-state index in [1.165, 1.54) is 6.07 Å². The van der Waals surface area contributed by atoms with Gasteiger partial charge >= 0.3 is 0 Å². The number of nitrogens with one attached hydrogen (secondary N) is 1. The average molecular weight is 429 g/mol. The summed E-state index contributed by atoms with van der Waals surface area (Å²) in [5.74, 6) is -1.43. The molecule has 2 aromatic carbocycles. The Hall–Kier alpha value is -3.06. The quantitative estimate of drug-likeness (QED) is 0.640. The zero-order valence-corrected chi connectivity index (χ0v) is 16.7. The molecule has 1 aromatic heterocycles. The molecule has 1 aliphatic heterocycles. The molecule has 1 unspecified atom stereocenters. The molecule has 30 heavy (non-hydrogen) atoms. The molecule has 0 radical (unpaired) electrons. The van der Waals surface area contributed by atoms with Crippen LogP contribution in [0, 0.1) is 17.6 Å². The first kappa shape index (κ1) is 20.2. The van der Waals surface area contributed by atoms with Crippen molar-refractivity contribution in [3.63, 3.8) is 0 Å². The number of carbonyl (C=O) groups excluding carboxylic acids is 1. The second-order valence-electron chi connectivity index (χ2n) is 7.18. The molecular formula is C22H19ClF2N4O. The third-order valence-electron chi connectivity index (χ3n) is 5.10. The zero-order valence-electron chi connectivity index (χ0n) is 16.0. The first-order valence-electron chi connectivity index (χ1n) is 9.60. The lowest BCUT2D eigenvalue weighted by Gasteiger charge is -2.32. The largest absolute Gasteiger partial charge is 0.354 e. The Labute approximate surface area is 177 Å². The molecule has 3 aromatic rings. The number of rotatable bonds is 4. The summed E-state index contributed by atoms with van der Waals surface area (Å²) < 4.78 is 26.9. The number of halogens is 3. The van der Waals surface area contributed by atoms with Crippen LogP contribution in [0.3, 0.4) is 0 Å². The van der Waals surface area contributed by atoms with E-state index in [1.807, 2.05) is 29.2 Å². The maximum atomic E-state index is 13.8. The van der Waals surface area contributed by atoms with Gasteiger partial charge in [-0.25, -0.2) is 8.78 Å². The Balaban J connectivity index is 1.43. The van der Waals surface area contributed by atoms with Gasteiger partial charge in [0.05, 0.1) is 17.3 Å². The van der Waals surface area contributed by atoms with Crippen LogP contribution in [0.25, 0.3) is 11.3 Å². The third kappa shape index (κ3) is 4.57. The lowest BCUT2D eigenvalue weighted by Crippen LogP contribution is -2.41. The highest BCUT2D eigenvalue weighted by Gasteiger charge is 2.27. The summed E-state index contributed by atoms with van der Waals surface area (Å²) in [5, 5.41) is 11.8. The van der Waals surface area contributed by atoms with Gasteiger partial charge in [0, 0.05) is 29.7 Å². The van der Waals surface area contributed by atoms with E-state index in [2.05, 4.69) is 15.5 Å². The molecule has 1 aliphatic rings. The molecule has 5 nitrogen and oxygen atoms in total. The minimum absolute atomic E-state index is 0.0226. The summed E-state index contributed by atoms with van der Waals surface area (Å²) in [5.41, 5.74) is 1.62. The molecule has 2 heterocycles. The molecule has 1 N–H and O–H groups in total. The normalized spacial score (nSPS) is 16.4. The van der Waals surface area contributed by atoms with Gasteiger partial charge in [-0.15, -0.1) is 10.2 Å². The summed E-state index contributed by atoms with van der Waals surface area (Å²) in [4.78, 5) is 14.6. The Morgan fingerprint density at radius 3 is 2.57 bits per heavy atom. The molecule has 1 atom stereocenters. The summed E-state index contributed by atoms with van der Waals surface area (Å²) in [6.07, 6.45) is 1.48. The number of carbonyl (C=O) groups is 1. The predicted octanol–water partition coefficient (Wildman–Crippen LogP) is 4.93. The summed E-state index contributed by atoms with van der Waals surface area (Å²) >= 11 is 5.92. The van der Waals surface area contributed by atoms with Gasteiger partial charge in [-0.2, -0.15) is 0 Å². The number of benzene rings is 2. The van der Waals surface area contributed by atoms with Crippen LogP contribution in [0.5, 0.6) is 0 Å². The van der Waals surface area contributed by atoms with E-state index >= 15 is 0 Å². The van der Waals surface area contributed by atoms with Gasteiger partial charge in [0.15, 0.2) is 5.82 Å². The second kappa shape index (κ2) is 8.75. The van der Waals surface area contributed by atoms with Crippen molar-refractivity contribution in [2.45, 2.75) is 12.8 Å². The summed E-state index contributed by atoms with van der Waals surface area (Å²) in [6, 6.07) is 14.2. The number of nitrogens with zero attached hydrogens (tertiary/aromatic N) is 3. The van der Waals surface area contributed by atoms with Gasteiger partial charge in [0.2, 0.25) is 5.91 Å². The van der Waals surface area contributed by atoms with E-state index in [0.29, 0.717) is 23.8 Å². The second-order valence-corrected chi connectivity index (χ2v) is 7.62. The number of hydrogen-bond donors (Lipinski definition) is 1. The van der Waals surface area contributed by atoms with Crippen LogP contribution in [0.1, 0.15) is 12.8 Å². The van der Waals surface area contributed by atoms with Gasteiger partial charge in [0.25, 0.3) is 0 Å². The Morgan fingerprint density at radius 2 is 1.87 bits per heavy atom. The van der Waals surface area contributed by atoms with Crippen molar-refractivity contribution in [1.29, 1.82) is 0 Å². The highest BCUT2D eigenvalue weighted by molar-refractivity contribution is 6.30.